The first-order valence-electron chi connectivity index (χ1n) is 8.67. The molecular formula is C19H23FN2O3. The number of amides is 1. The summed E-state index contributed by atoms with van der Waals surface area (Å²) in [5.74, 6) is 1.48. The average molecular weight is 346 g/mol. The molecule has 0 bridgehead atoms. The minimum Gasteiger partial charge on any atom is -0.486 e. The number of furan rings is 1. The van der Waals surface area contributed by atoms with E-state index in [2.05, 4.69) is 10.6 Å². The SMILES string of the molecule is O=C(NCCC1CCCNC1)c1ccc(COc2ccc(F)cc2)o1. The molecule has 6 heteroatoms. The molecule has 1 atom stereocenters. The molecule has 2 N–H and O–H groups in total. The predicted molar refractivity (Wildman–Crippen MR) is 92.0 cm³/mol. The van der Waals surface area contributed by atoms with Crippen LogP contribution in [0.25, 0.3) is 0 Å². The molecule has 3 rings (SSSR count). The number of carbonyl (C=O) groups excluding carboxylic acids is 1. The zero-order valence-corrected chi connectivity index (χ0v) is 14.1. The normalized spacial score (nSPS) is 17.2. The Morgan fingerprint density at radius 2 is 2.12 bits per heavy atom. The minimum absolute atomic E-state index is 0.187. The van der Waals surface area contributed by atoms with E-state index in [9.17, 15) is 9.18 Å². The summed E-state index contributed by atoms with van der Waals surface area (Å²) in [4.78, 5) is 12.1. The molecule has 0 saturated carbocycles. The predicted octanol–water partition coefficient (Wildman–Crippen LogP) is 3.12. The van der Waals surface area contributed by atoms with Gasteiger partial charge in [-0.1, -0.05) is 0 Å². The van der Waals surface area contributed by atoms with Gasteiger partial charge in [-0.15, -0.1) is 0 Å². The number of halogens is 1. The van der Waals surface area contributed by atoms with Gasteiger partial charge in [-0.05, 0) is 74.7 Å². The Morgan fingerprint density at radius 1 is 1.28 bits per heavy atom. The maximum atomic E-state index is 12.8. The Kier molecular flexibility index (Phi) is 6.06. The van der Waals surface area contributed by atoms with Crippen LogP contribution < -0.4 is 15.4 Å². The van der Waals surface area contributed by atoms with E-state index in [1.54, 1.807) is 24.3 Å². The lowest BCUT2D eigenvalue weighted by atomic mass is 9.96. The first-order chi connectivity index (χ1) is 12.2. The molecule has 1 unspecified atom stereocenters. The molecular weight excluding hydrogens is 323 g/mol. The minimum atomic E-state index is -0.312. The summed E-state index contributed by atoms with van der Waals surface area (Å²) in [6.07, 6.45) is 3.39. The Balaban J connectivity index is 1.42. The van der Waals surface area contributed by atoms with E-state index in [4.69, 9.17) is 9.15 Å². The molecule has 1 amide bonds. The van der Waals surface area contributed by atoms with Crippen LogP contribution in [0.5, 0.6) is 5.75 Å². The average Bonchev–Trinajstić information content (AvgIpc) is 3.11. The molecule has 2 aromatic rings. The third kappa shape index (κ3) is 5.32. The summed E-state index contributed by atoms with van der Waals surface area (Å²) in [6.45, 7) is 2.96. The van der Waals surface area contributed by atoms with Crippen molar-refractivity contribution in [2.24, 2.45) is 5.92 Å². The van der Waals surface area contributed by atoms with Gasteiger partial charge in [0.1, 0.15) is 23.9 Å². The summed E-state index contributed by atoms with van der Waals surface area (Å²) in [6, 6.07) is 9.11. The molecule has 0 spiro atoms. The summed E-state index contributed by atoms with van der Waals surface area (Å²) in [5.41, 5.74) is 0. The van der Waals surface area contributed by atoms with E-state index in [0.29, 0.717) is 24.0 Å². The van der Waals surface area contributed by atoms with Gasteiger partial charge in [-0.2, -0.15) is 0 Å². The lowest BCUT2D eigenvalue weighted by Crippen LogP contribution is -2.33. The first kappa shape index (κ1) is 17.5. The van der Waals surface area contributed by atoms with Gasteiger partial charge in [-0.25, -0.2) is 4.39 Å². The second-order valence-corrected chi connectivity index (χ2v) is 6.27. The van der Waals surface area contributed by atoms with Crippen LogP contribution in [0.4, 0.5) is 4.39 Å². The standard InChI is InChI=1S/C19H23FN2O3/c20-15-3-5-16(6-4-15)24-13-17-7-8-18(25-17)19(23)22-11-9-14-2-1-10-21-12-14/h3-8,14,21H,1-2,9-13H2,(H,22,23). The topological polar surface area (TPSA) is 63.5 Å². The van der Waals surface area contributed by atoms with Crippen molar-refractivity contribution in [2.75, 3.05) is 19.6 Å². The third-order valence-electron chi connectivity index (χ3n) is 4.32. The van der Waals surface area contributed by atoms with E-state index in [1.165, 1.54) is 25.0 Å². The van der Waals surface area contributed by atoms with Crippen molar-refractivity contribution >= 4 is 5.91 Å². The number of hydrogen-bond acceptors (Lipinski definition) is 4. The molecule has 1 aromatic carbocycles. The molecule has 1 fully saturated rings. The van der Waals surface area contributed by atoms with Crippen LogP contribution in [0, 0.1) is 11.7 Å². The fraction of sp³-hybridized carbons (Fsp3) is 0.421. The van der Waals surface area contributed by atoms with Crippen LogP contribution >= 0.6 is 0 Å². The molecule has 1 aromatic heterocycles. The van der Waals surface area contributed by atoms with Gasteiger partial charge in [0.15, 0.2) is 5.76 Å². The van der Waals surface area contributed by atoms with Crippen LogP contribution in [0.1, 0.15) is 35.6 Å². The Bertz CT molecular complexity index is 678. The van der Waals surface area contributed by atoms with Crippen molar-refractivity contribution in [3.63, 3.8) is 0 Å². The van der Waals surface area contributed by atoms with Crippen molar-refractivity contribution in [2.45, 2.75) is 25.9 Å². The highest BCUT2D eigenvalue weighted by Gasteiger charge is 2.15. The van der Waals surface area contributed by atoms with E-state index in [1.807, 2.05) is 0 Å². The van der Waals surface area contributed by atoms with Gasteiger partial charge >= 0.3 is 0 Å². The molecule has 1 aliphatic rings. The highest BCUT2D eigenvalue weighted by atomic mass is 19.1. The summed E-state index contributed by atoms with van der Waals surface area (Å²) < 4.78 is 23.9. The van der Waals surface area contributed by atoms with Crippen molar-refractivity contribution in [3.05, 3.63) is 53.7 Å². The van der Waals surface area contributed by atoms with E-state index < -0.39 is 0 Å². The summed E-state index contributed by atoms with van der Waals surface area (Å²) >= 11 is 0. The molecule has 0 aliphatic carbocycles. The highest BCUT2D eigenvalue weighted by molar-refractivity contribution is 5.91. The van der Waals surface area contributed by atoms with E-state index in [-0.39, 0.29) is 24.1 Å². The third-order valence-corrected chi connectivity index (χ3v) is 4.32. The van der Waals surface area contributed by atoms with Crippen molar-refractivity contribution in [1.29, 1.82) is 0 Å². The number of ether oxygens (including phenoxy) is 1. The Labute approximate surface area is 146 Å². The van der Waals surface area contributed by atoms with Crippen LogP contribution in [0.15, 0.2) is 40.8 Å². The van der Waals surface area contributed by atoms with Gasteiger partial charge in [0.05, 0.1) is 0 Å². The van der Waals surface area contributed by atoms with Gasteiger partial charge < -0.3 is 19.8 Å². The van der Waals surface area contributed by atoms with Crippen LogP contribution in [-0.4, -0.2) is 25.5 Å². The Morgan fingerprint density at radius 3 is 2.88 bits per heavy atom. The van der Waals surface area contributed by atoms with Gasteiger partial charge in [0.25, 0.3) is 5.91 Å². The highest BCUT2D eigenvalue weighted by Crippen LogP contribution is 2.16. The number of nitrogens with one attached hydrogen (secondary N) is 2. The number of piperidine rings is 1. The molecule has 134 valence electrons. The van der Waals surface area contributed by atoms with Crippen LogP contribution in [-0.2, 0) is 6.61 Å². The van der Waals surface area contributed by atoms with E-state index >= 15 is 0 Å². The maximum Gasteiger partial charge on any atom is 0.286 e. The zero-order valence-electron chi connectivity index (χ0n) is 14.1. The molecule has 1 saturated heterocycles. The fourth-order valence-electron chi connectivity index (χ4n) is 2.91. The molecule has 1 aliphatic heterocycles. The first-order valence-corrected chi connectivity index (χ1v) is 8.67. The van der Waals surface area contributed by atoms with Crippen molar-refractivity contribution < 1.29 is 18.3 Å². The lowest BCUT2D eigenvalue weighted by Gasteiger charge is -2.22. The largest absolute Gasteiger partial charge is 0.486 e. The van der Waals surface area contributed by atoms with Gasteiger partial charge in [-0.3, -0.25) is 4.79 Å². The second-order valence-electron chi connectivity index (χ2n) is 6.27. The maximum absolute atomic E-state index is 12.8. The Hall–Kier alpha value is -2.34. The monoisotopic (exact) mass is 346 g/mol. The smallest absolute Gasteiger partial charge is 0.286 e. The second kappa shape index (κ2) is 8.67. The number of carbonyl (C=O) groups is 1. The van der Waals surface area contributed by atoms with Crippen LogP contribution in [0.2, 0.25) is 0 Å². The molecule has 5 nitrogen and oxygen atoms in total. The fourth-order valence-corrected chi connectivity index (χ4v) is 2.91. The van der Waals surface area contributed by atoms with Crippen molar-refractivity contribution in [3.8, 4) is 5.75 Å². The summed E-state index contributed by atoms with van der Waals surface area (Å²) in [7, 11) is 0. The van der Waals surface area contributed by atoms with Crippen LogP contribution in [0.3, 0.4) is 0 Å². The zero-order chi connectivity index (χ0) is 17.5. The number of benzene rings is 1. The number of rotatable bonds is 7. The molecule has 25 heavy (non-hydrogen) atoms. The molecule has 0 radical (unpaired) electrons. The van der Waals surface area contributed by atoms with Crippen molar-refractivity contribution in [1.82, 2.24) is 10.6 Å². The van der Waals surface area contributed by atoms with E-state index in [0.717, 1.165) is 19.5 Å². The number of hydrogen-bond donors (Lipinski definition) is 2. The van der Waals surface area contributed by atoms with Gasteiger partial charge in [0, 0.05) is 6.54 Å². The lowest BCUT2D eigenvalue weighted by molar-refractivity contribution is 0.0919. The quantitative estimate of drug-likeness (QED) is 0.809. The summed E-state index contributed by atoms with van der Waals surface area (Å²) in [5, 5.41) is 6.27. The molecule has 2 heterocycles. The van der Waals surface area contributed by atoms with Gasteiger partial charge in [0.2, 0.25) is 0 Å².